The van der Waals surface area contributed by atoms with Gasteiger partial charge >= 0.3 is 0 Å². The molecule has 1 atom stereocenters. The smallest absolute Gasteiger partial charge is 0.254 e. The van der Waals surface area contributed by atoms with E-state index in [1.54, 1.807) is 10.9 Å². The van der Waals surface area contributed by atoms with Crippen LogP contribution in [0.3, 0.4) is 0 Å². The number of aromatic nitrogens is 2. The molecule has 0 bridgehead atoms. The summed E-state index contributed by atoms with van der Waals surface area (Å²) in [6.45, 7) is 2.47. The fraction of sp³-hybridized carbons (Fsp3) is 0.238. The molecule has 2 aromatic carbocycles. The van der Waals surface area contributed by atoms with Crippen molar-refractivity contribution in [3.05, 3.63) is 84.2 Å². The number of nitrogens with zero attached hydrogens (tertiary/aromatic N) is 3. The zero-order valence-electron chi connectivity index (χ0n) is 14.6. The Hall–Kier alpha value is -3.08. The molecule has 1 fully saturated rings. The number of carbonyl (C=O) groups is 1. The maximum atomic E-state index is 12.5. The first-order chi connectivity index (χ1) is 12.8. The molecule has 1 aliphatic heterocycles. The molecule has 1 unspecified atom stereocenters. The Balaban J connectivity index is 1.34. The first-order valence-corrected chi connectivity index (χ1v) is 8.95. The lowest BCUT2D eigenvalue weighted by Crippen LogP contribution is -2.37. The largest absolute Gasteiger partial charge is 0.369 e. The molecular weight excluding hydrogens is 324 g/mol. The van der Waals surface area contributed by atoms with Gasteiger partial charge in [-0.25, -0.2) is 0 Å². The number of rotatable bonds is 5. The summed E-state index contributed by atoms with van der Waals surface area (Å²) in [5, 5.41) is 7.45. The van der Waals surface area contributed by atoms with Gasteiger partial charge in [0.2, 0.25) is 0 Å². The Labute approximate surface area is 153 Å². The minimum absolute atomic E-state index is 0.0516. The van der Waals surface area contributed by atoms with Gasteiger partial charge in [-0.05, 0) is 24.1 Å². The molecule has 1 aliphatic rings. The molecule has 0 radical (unpaired) electrons. The van der Waals surface area contributed by atoms with Crippen LogP contribution in [0.1, 0.15) is 22.3 Å². The van der Waals surface area contributed by atoms with Gasteiger partial charge < -0.3 is 10.2 Å². The van der Waals surface area contributed by atoms with Gasteiger partial charge in [-0.3, -0.25) is 9.48 Å². The number of hydrogen-bond acceptors (Lipinski definition) is 3. The summed E-state index contributed by atoms with van der Waals surface area (Å²) in [5.41, 5.74) is 2.98. The summed E-state index contributed by atoms with van der Waals surface area (Å²) in [4.78, 5) is 14.8. The van der Waals surface area contributed by atoms with E-state index in [1.165, 1.54) is 5.69 Å². The lowest BCUT2D eigenvalue weighted by atomic mass is 10.2. The molecule has 0 saturated carbocycles. The fourth-order valence-electron chi connectivity index (χ4n) is 3.36. The molecule has 1 amide bonds. The monoisotopic (exact) mass is 346 g/mol. The third-order valence-electron chi connectivity index (χ3n) is 4.73. The highest BCUT2D eigenvalue weighted by Gasteiger charge is 2.24. The molecule has 3 aromatic rings. The molecule has 1 saturated heterocycles. The maximum Gasteiger partial charge on any atom is 0.254 e. The highest BCUT2D eigenvalue weighted by atomic mass is 16.1. The molecule has 5 nitrogen and oxygen atoms in total. The van der Waals surface area contributed by atoms with Crippen molar-refractivity contribution >= 4 is 11.6 Å². The summed E-state index contributed by atoms with van der Waals surface area (Å²) in [5.74, 6) is -0.0516. The summed E-state index contributed by atoms with van der Waals surface area (Å²) in [6.07, 6.45) is 4.41. The van der Waals surface area contributed by atoms with Crippen LogP contribution in [-0.4, -0.2) is 34.8 Å². The summed E-state index contributed by atoms with van der Waals surface area (Å²) in [7, 11) is 0. The SMILES string of the molecule is O=C(NC1CCN(c2ccccc2)C1)c1cnn(Cc2ccccc2)c1. The number of para-hydroxylation sites is 1. The van der Waals surface area contributed by atoms with E-state index >= 15 is 0 Å². The van der Waals surface area contributed by atoms with E-state index in [0.29, 0.717) is 12.1 Å². The standard InChI is InChI=1S/C21H22N4O/c26-21(18-13-22-25(15-18)14-17-7-3-1-4-8-17)23-19-11-12-24(16-19)20-9-5-2-6-10-20/h1-10,13,15,19H,11-12,14,16H2,(H,23,26). The number of nitrogens with one attached hydrogen (secondary N) is 1. The van der Waals surface area contributed by atoms with E-state index in [2.05, 4.69) is 39.6 Å². The van der Waals surface area contributed by atoms with E-state index in [4.69, 9.17) is 0 Å². The van der Waals surface area contributed by atoms with Crippen LogP contribution >= 0.6 is 0 Å². The van der Waals surface area contributed by atoms with Crippen LogP contribution in [0.5, 0.6) is 0 Å². The second kappa shape index (κ2) is 7.44. The predicted molar refractivity (Wildman–Crippen MR) is 102 cm³/mol. The van der Waals surface area contributed by atoms with Gasteiger partial charge in [0.25, 0.3) is 5.91 Å². The van der Waals surface area contributed by atoms with Crippen molar-refractivity contribution in [1.29, 1.82) is 0 Å². The van der Waals surface area contributed by atoms with Gasteiger partial charge in [0.15, 0.2) is 0 Å². The molecule has 0 spiro atoms. The Morgan fingerprint density at radius 1 is 1.08 bits per heavy atom. The molecule has 0 aliphatic carbocycles. The van der Waals surface area contributed by atoms with Crippen molar-refractivity contribution in [3.8, 4) is 0 Å². The van der Waals surface area contributed by atoms with Crippen molar-refractivity contribution in [3.63, 3.8) is 0 Å². The lowest BCUT2D eigenvalue weighted by molar-refractivity contribution is 0.0940. The van der Waals surface area contributed by atoms with Gasteiger partial charge in [0.1, 0.15) is 0 Å². The second-order valence-electron chi connectivity index (χ2n) is 6.65. The van der Waals surface area contributed by atoms with Gasteiger partial charge in [-0.1, -0.05) is 48.5 Å². The van der Waals surface area contributed by atoms with Crippen molar-refractivity contribution in [2.75, 3.05) is 18.0 Å². The van der Waals surface area contributed by atoms with Crippen molar-refractivity contribution in [2.24, 2.45) is 0 Å². The van der Waals surface area contributed by atoms with E-state index in [-0.39, 0.29) is 11.9 Å². The lowest BCUT2D eigenvalue weighted by Gasteiger charge is -2.18. The molecule has 2 heterocycles. The summed E-state index contributed by atoms with van der Waals surface area (Å²) < 4.78 is 1.80. The Morgan fingerprint density at radius 3 is 2.58 bits per heavy atom. The van der Waals surface area contributed by atoms with Crippen LogP contribution < -0.4 is 10.2 Å². The van der Waals surface area contributed by atoms with Crippen molar-refractivity contribution < 1.29 is 4.79 Å². The zero-order valence-corrected chi connectivity index (χ0v) is 14.6. The second-order valence-corrected chi connectivity index (χ2v) is 6.65. The van der Waals surface area contributed by atoms with Gasteiger partial charge in [-0.15, -0.1) is 0 Å². The van der Waals surface area contributed by atoms with E-state index in [1.807, 2.05) is 42.6 Å². The van der Waals surface area contributed by atoms with Crippen molar-refractivity contribution in [2.45, 2.75) is 19.0 Å². The molecule has 1 N–H and O–H groups in total. The summed E-state index contributed by atoms with van der Waals surface area (Å²) >= 11 is 0. The van der Waals surface area contributed by atoms with Gasteiger partial charge in [0.05, 0.1) is 18.3 Å². The Kier molecular flexibility index (Phi) is 4.69. The number of carbonyl (C=O) groups excluding carboxylic acids is 1. The van der Waals surface area contributed by atoms with Crippen LogP contribution in [0.2, 0.25) is 0 Å². The summed E-state index contributed by atoms with van der Waals surface area (Å²) in [6, 6.07) is 20.6. The minimum Gasteiger partial charge on any atom is -0.369 e. The molecular formula is C21H22N4O. The highest BCUT2D eigenvalue weighted by molar-refractivity contribution is 5.94. The number of hydrogen-bond donors (Lipinski definition) is 1. The zero-order chi connectivity index (χ0) is 17.8. The number of benzene rings is 2. The fourth-order valence-corrected chi connectivity index (χ4v) is 3.36. The normalized spacial score (nSPS) is 16.6. The maximum absolute atomic E-state index is 12.5. The van der Waals surface area contributed by atoms with Gasteiger partial charge in [-0.2, -0.15) is 5.10 Å². The molecule has 26 heavy (non-hydrogen) atoms. The number of amides is 1. The Bertz CT molecular complexity index is 860. The predicted octanol–water partition coefficient (Wildman–Crippen LogP) is 2.94. The third-order valence-corrected chi connectivity index (χ3v) is 4.73. The third kappa shape index (κ3) is 3.77. The van der Waals surface area contributed by atoms with Crippen LogP contribution in [-0.2, 0) is 6.54 Å². The van der Waals surface area contributed by atoms with Crippen LogP contribution in [0.15, 0.2) is 73.1 Å². The molecule has 132 valence electrons. The first kappa shape index (κ1) is 16.4. The molecule has 5 heteroatoms. The van der Waals surface area contributed by atoms with E-state index in [9.17, 15) is 4.79 Å². The topological polar surface area (TPSA) is 50.2 Å². The molecule has 4 rings (SSSR count). The first-order valence-electron chi connectivity index (χ1n) is 8.95. The average Bonchev–Trinajstić information content (AvgIpc) is 3.33. The minimum atomic E-state index is -0.0516. The average molecular weight is 346 g/mol. The van der Waals surface area contributed by atoms with Crippen LogP contribution in [0.25, 0.3) is 0 Å². The van der Waals surface area contributed by atoms with Crippen LogP contribution in [0.4, 0.5) is 5.69 Å². The van der Waals surface area contributed by atoms with Crippen molar-refractivity contribution in [1.82, 2.24) is 15.1 Å². The van der Waals surface area contributed by atoms with Crippen LogP contribution in [0, 0.1) is 0 Å². The highest BCUT2D eigenvalue weighted by Crippen LogP contribution is 2.19. The number of anilines is 1. The van der Waals surface area contributed by atoms with E-state index < -0.39 is 0 Å². The quantitative estimate of drug-likeness (QED) is 0.773. The van der Waals surface area contributed by atoms with E-state index in [0.717, 1.165) is 25.1 Å². The van der Waals surface area contributed by atoms with Gasteiger partial charge in [0, 0.05) is 31.0 Å². The Morgan fingerprint density at radius 2 is 1.81 bits per heavy atom. The molecule has 1 aromatic heterocycles.